The van der Waals surface area contributed by atoms with Crippen molar-refractivity contribution >= 4 is 5.91 Å². The second-order valence-electron chi connectivity index (χ2n) is 4.72. The monoisotopic (exact) mass is 248 g/mol. The van der Waals surface area contributed by atoms with Crippen LogP contribution in [0.25, 0.3) is 0 Å². The number of hydrogen-bond donors (Lipinski definition) is 2. The normalized spacial score (nSPS) is 16.4. The third-order valence-electron chi connectivity index (χ3n) is 3.33. The molecule has 0 unspecified atom stereocenters. The highest BCUT2D eigenvalue weighted by Crippen LogP contribution is 2.17. The van der Waals surface area contributed by atoms with Crippen molar-refractivity contribution < 1.29 is 4.79 Å². The molecule has 2 rings (SSSR count). The zero-order valence-corrected chi connectivity index (χ0v) is 10.6. The molecule has 1 aromatic rings. The van der Waals surface area contributed by atoms with Crippen molar-refractivity contribution in [2.45, 2.75) is 32.2 Å². The van der Waals surface area contributed by atoms with Gasteiger partial charge in [0.2, 0.25) is 5.91 Å². The standard InChI is InChI=1S/C13H20N4O/c18-13(4-3-11-5-8-14-9-6-11)15-10-12-2-1-7-16-17-12/h1-2,7,11,14H,3-6,8-10H2,(H,15,18). The molecular weight excluding hydrogens is 228 g/mol. The maximum atomic E-state index is 11.7. The molecule has 1 fully saturated rings. The Balaban J connectivity index is 1.63. The minimum atomic E-state index is 0.110. The Morgan fingerprint density at radius 2 is 2.28 bits per heavy atom. The topological polar surface area (TPSA) is 66.9 Å². The number of rotatable bonds is 5. The molecule has 1 aliphatic heterocycles. The van der Waals surface area contributed by atoms with Gasteiger partial charge < -0.3 is 10.6 Å². The van der Waals surface area contributed by atoms with Gasteiger partial charge in [0.25, 0.3) is 0 Å². The number of carbonyl (C=O) groups is 1. The van der Waals surface area contributed by atoms with Crippen LogP contribution in [-0.2, 0) is 11.3 Å². The lowest BCUT2D eigenvalue weighted by Crippen LogP contribution is -2.29. The average Bonchev–Trinajstić information content (AvgIpc) is 2.45. The van der Waals surface area contributed by atoms with Gasteiger partial charge in [-0.15, -0.1) is 0 Å². The largest absolute Gasteiger partial charge is 0.350 e. The number of amides is 1. The predicted molar refractivity (Wildman–Crippen MR) is 68.7 cm³/mol. The molecule has 2 N–H and O–H groups in total. The van der Waals surface area contributed by atoms with Gasteiger partial charge in [-0.25, -0.2) is 0 Å². The summed E-state index contributed by atoms with van der Waals surface area (Å²) in [6.45, 7) is 2.65. The summed E-state index contributed by atoms with van der Waals surface area (Å²) < 4.78 is 0. The molecule has 0 atom stereocenters. The van der Waals surface area contributed by atoms with Crippen LogP contribution in [0, 0.1) is 5.92 Å². The third kappa shape index (κ3) is 4.41. The van der Waals surface area contributed by atoms with Crippen LogP contribution in [0.4, 0.5) is 0 Å². The number of aromatic nitrogens is 2. The van der Waals surface area contributed by atoms with Crippen LogP contribution in [0.5, 0.6) is 0 Å². The van der Waals surface area contributed by atoms with Crippen LogP contribution >= 0.6 is 0 Å². The Morgan fingerprint density at radius 1 is 1.44 bits per heavy atom. The molecule has 0 aliphatic carbocycles. The highest BCUT2D eigenvalue weighted by Gasteiger charge is 2.14. The Morgan fingerprint density at radius 3 is 3.00 bits per heavy atom. The van der Waals surface area contributed by atoms with E-state index in [9.17, 15) is 4.79 Å². The molecule has 1 amide bonds. The molecule has 1 aliphatic rings. The van der Waals surface area contributed by atoms with E-state index in [2.05, 4.69) is 20.8 Å². The Hall–Kier alpha value is -1.49. The molecule has 0 aromatic carbocycles. The zero-order valence-electron chi connectivity index (χ0n) is 10.6. The summed E-state index contributed by atoms with van der Waals surface area (Å²) in [5.74, 6) is 0.813. The molecule has 1 saturated heterocycles. The van der Waals surface area contributed by atoms with Crippen molar-refractivity contribution in [1.82, 2.24) is 20.8 Å². The fourth-order valence-electron chi connectivity index (χ4n) is 2.21. The van der Waals surface area contributed by atoms with E-state index in [1.807, 2.05) is 12.1 Å². The van der Waals surface area contributed by atoms with Crippen molar-refractivity contribution in [1.29, 1.82) is 0 Å². The highest BCUT2D eigenvalue weighted by atomic mass is 16.1. The Labute approximate surface area is 107 Å². The molecule has 5 nitrogen and oxygen atoms in total. The average molecular weight is 248 g/mol. The first-order chi connectivity index (χ1) is 8.84. The van der Waals surface area contributed by atoms with Crippen molar-refractivity contribution in [3.8, 4) is 0 Å². The van der Waals surface area contributed by atoms with Crippen LogP contribution in [-0.4, -0.2) is 29.2 Å². The highest BCUT2D eigenvalue weighted by molar-refractivity contribution is 5.75. The molecule has 2 heterocycles. The molecule has 0 bridgehead atoms. The van der Waals surface area contributed by atoms with E-state index >= 15 is 0 Å². The minimum Gasteiger partial charge on any atom is -0.350 e. The molecule has 0 saturated carbocycles. The van der Waals surface area contributed by atoms with E-state index in [1.165, 1.54) is 12.8 Å². The second kappa shape index (κ2) is 7.06. The first kappa shape index (κ1) is 13.0. The molecule has 1 aromatic heterocycles. The van der Waals surface area contributed by atoms with E-state index in [4.69, 9.17) is 0 Å². The van der Waals surface area contributed by atoms with Gasteiger partial charge in [-0.1, -0.05) is 0 Å². The summed E-state index contributed by atoms with van der Waals surface area (Å²) in [7, 11) is 0. The minimum absolute atomic E-state index is 0.110. The zero-order chi connectivity index (χ0) is 12.6. The molecule has 18 heavy (non-hydrogen) atoms. The van der Waals surface area contributed by atoms with Gasteiger partial charge in [0.1, 0.15) is 0 Å². The number of nitrogens with one attached hydrogen (secondary N) is 2. The molecule has 5 heteroatoms. The number of nitrogens with zero attached hydrogens (tertiary/aromatic N) is 2. The third-order valence-corrected chi connectivity index (χ3v) is 3.33. The van der Waals surface area contributed by atoms with Crippen LogP contribution in [0.15, 0.2) is 18.3 Å². The smallest absolute Gasteiger partial charge is 0.220 e. The van der Waals surface area contributed by atoms with E-state index in [-0.39, 0.29) is 5.91 Å². The van der Waals surface area contributed by atoms with Gasteiger partial charge in [-0.2, -0.15) is 10.2 Å². The first-order valence-corrected chi connectivity index (χ1v) is 6.58. The lowest BCUT2D eigenvalue weighted by molar-refractivity contribution is -0.121. The predicted octanol–water partition coefficient (Wildman–Crippen LogP) is 0.873. The van der Waals surface area contributed by atoms with Crippen molar-refractivity contribution in [3.05, 3.63) is 24.0 Å². The second-order valence-corrected chi connectivity index (χ2v) is 4.72. The quantitative estimate of drug-likeness (QED) is 0.811. The summed E-state index contributed by atoms with van der Waals surface area (Å²) in [4.78, 5) is 11.7. The molecule has 98 valence electrons. The molecule has 0 spiro atoms. The Kier molecular flexibility index (Phi) is 5.08. The van der Waals surface area contributed by atoms with Gasteiger partial charge >= 0.3 is 0 Å². The summed E-state index contributed by atoms with van der Waals surface area (Å²) >= 11 is 0. The summed E-state index contributed by atoms with van der Waals surface area (Å²) in [6.07, 6.45) is 5.62. The maximum Gasteiger partial charge on any atom is 0.220 e. The van der Waals surface area contributed by atoms with Gasteiger partial charge in [0.15, 0.2) is 0 Å². The van der Waals surface area contributed by atoms with Gasteiger partial charge in [0.05, 0.1) is 12.2 Å². The maximum absolute atomic E-state index is 11.7. The van der Waals surface area contributed by atoms with E-state index in [0.717, 1.165) is 25.2 Å². The Bertz CT molecular complexity index is 363. The number of hydrogen-bond acceptors (Lipinski definition) is 4. The van der Waals surface area contributed by atoms with Crippen molar-refractivity contribution in [2.75, 3.05) is 13.1 Å². The van der Waals surface area contributed by atoms with Crippen molar-refractivity contribution in [3.63, 3.8) is 0 Å². The fraction of sp³-hybridized carbons (Fsp3) is 0.615. The SMILES string of the molecule is O=C(CCC1CCNCC1)NCc1cccnn1. The van der Waals surface area contributed by atoms with Crippen LogP contribution in [0.2, 0.25) is 0 Å². The van der Waals surface area contributed by atoms with Crippen LogP contribution in [0.1, 0.15) is 31.4 Å². The van der Waals surface area contributed by atoms with Crippen LogP contribution in [0.3, 0.4) is 0 Å². The lowest BCUT2D eigenvalue weighted by atomic mass is 9.93. The summed E-state index contributed by atoms with van der Waals surface area (Å²) in [6, 6.07) is 3.68. The number of carbonyl (C=O) groups excluding carboxylic acids is 1. The van der Waals surface area contributed by atoms with E-state index in [1.54, 1.807) is 6.20 Å². The molecular formula is C13H20N4O. The van der Waals surface area contributed by atoms with Gasteiger partial charge in [0, 0.05) is 12.6 Å². The summed E-state index contributed by atoms with van der Waals surface area (Å²) in [5, 5.41) is 13.9. The fourth-order valence-corrected chi connectivity index (χ4v) is 2.21. The van der Waals surface area contributed by atoms with E-state index in [0.29, 0.717) is 18.9 Å². The first-order valence-electron chi connectivity index (χ1n) is 6.58. The lowest BCUT2D eigenvalue weighted by Gasteiger charge is -2.22. The van der Waals surface area contributed by atoms with Crippen LogP contribution < -0.4 is 10.6 Å². The van der Waals surface area contributed by atoms with E-state index < -0.39 is 0 Å². The van der Waals surface area contributed by atoms with Gasteiger partial charge in [-0.3, -0.25) is 4.79 Å². The summed E-state index contributed by atoms with van der Waals surface area (Å²) in [5.41, 5.74) is 0.799. The van der Waals surface area contributed by atoms with Gasteiger partial charge in [-0.05, 0) is 50.4 Å². The number of piperidine rings is 1. The molecule has 0 radical (unpaired) electrons. The van der Waals surface area contributed by atoms with Crippen molar-refractivity contribution in [2.24, 2.45) is 5.92 Å².